The predicted molar refractivity (Wildman–Crippen MR) is 122 cm³/mol. The molecule has 2 amide bonds. The lowest BCUT2D eigenvalue weighted by Crippen LogP contribution is -2.52. The van der Waals surface area contributed by atoms with E-state index >= 15 is 0 Å². The Balaban J connectivity index is 1.27. The Labute approximate surface area is 197 Å². The second-order valence-corrected chi connectivity index (χ2v) is 9.41. The number of halogens is 3. The monoisotopic (exact) mass is 473 g/mol. The van der Waals surface area contributed by atoms with Crippen LogP contribution in [-0.4, -0.2) is 41.4 Å². The number of nitrogens with one attached hydrogen (secondary N) is 1. The lowest BCUT2D eigenvalue weighted by atomic mass is 9.82. The molecule has 2 fully saturated rings. The van der Waals surface area contributed by atoms with E-state index in [1.54, 1.807) is 0 Å². The summed E-state index contributed by atoms with van der Waals surface area (Å²) < 4.78 is 40.8. The minimum Gasteiger partial charge on any atom is -0.347 e. The molecule has 2 aliphatic rings. The molecule has 8 heteroatoms. The maximum atomic E-state index is 14.0. The topological polar surface area (TPSA) is 75.4 Å². The van der Waals surface area contributed by atoms with Crippen molar-refractivity contribution >= 4 is 11.8 Å². The van der Waals surface area contributed by atoms with Crippen molar-refractivity contribution in [3.05, 3.63) is 71.0 Å². The fourth-order valence-electron chi connectivity index (χ4n) is 5.37. The summed E-state index contributed by atoms with van der Waals surface area (Å²) >= 11 is 0. The number of carbonyl (C=O) groups excluding carboxylic acids is 2. The lowest BCUT2D eigenvalue weighted by molar-refractivity contribution is -0.137. The number of carbonyl (C=O) groups is 2. The molecule has 2 aliphatic heterocycles. The maximum Gasteiger partial charge on any atom is 0.242 e. The summed E-state index contributed by atoms with van der Waals surface area (Å²) in [6.07, 6.45) is 4.13. The highest BCUT2D eigenvalue weighted by Crippen LogP contribution is 2.40. The SMILES string of the molecule is N[C@H](Cc1cc(F)c(F)cc1F)[C@@H]1C[C@H]2CC[C@@H](C1)N2C(=O)CNC(=O)CCc1ccccc1. The van der Waals surface area contributed by atoms with Crippen LogP contribution in [0.15, 0.2) is 42.5 Å². The normalized spacial score (nSPS) is 22.5. The summed E-state index contributed by atoms with van der Waals surface area (Å²) in [7, 11) is 0. The van der Waals surface area contributed by atoms with Gasteiger partial charge >= 0.3 is 0 Å². The lowest BCUT2D eigenvalue weighted by Gasteiger charge is -2.41. The molecule has 4 rings (SSSR count). The molecule has 2 heterocycles. The largest absolute Gasteiger partial charge is 0.347 e. The first-order valence-electron chi connectivity index (χ1n) is 11.8. The number of benzene rings is 2. The van der Waals surface area contributed by atoms with Crippen LogP contribution < -0.4 is 11.1 Å². The third kappa shape index (κ3) is 5.60. The molecule has 0 unspecified atom stereocenters. The van der Waals surface area contributed by atoms with Crippen LogP contribution >= 0.6 is 0 Å². The number of nitrogens with zero attached hydrogens (tertiary/aromatic N) is 1. The zero-order chi connectivity index (χ0) is 24.2. The number of hydrogen-bond donors (Lipinski definition) is 2. The zero-order valence-corrected chi connectivity index (χ0v) is 19.0. The number of piperidine rings is 1. The molecule has 0 radical (unpaired) electrons. The molecule has 4 atom stereocenters. The maximum absolute atomic E-state index is 14.0. The highest BCUT2D eigenvalue weighted by Gasteiger charge is 2.44. The van der Waals surface area contributed by atoms with Gasteiger partial charge in [0.25, 0.3) is 0 Å². The van der Waals surface area contributed by atoms with Crippen molar-refractivity contribution in [3.8, 4) is 0 Å². The Bertz CT molecular complexity index is 1020. The molecule has 34 heavy (non-hydrogen) atoms. The predicted octanol–water partition coefficient (Wildman–Crippen LogP) is 3.49. The molecular formula is C26H30F3N3O2. The molecule has 0 spiro atoms. The second-order valence-electron chi connectivity index (χ2n) is 9.41. The van der Waals surface area contributed by atoms with Crippen molar-refractivity contribution in [1.82, 2.24) is 10.2 Å². The number of rotatable bonds is 8. The molecule has 182 valence electrons. The molecule has 0 aromatic heterocycles. The molecule has 2 bridgehead atoms. The van der Waals surface area contributed by atoms with Gasteiger partial charge < -0.3 is 16.0 Å². The highest BCUT2D eigenvalue weighted by molar-refractivity contribution is 5.85. The summed E-state index contributed by atoms with van der Waals surface area (Å²) in [6.45, 7) is -0.0303. The number of nitrogens with two attached hydrogens (primary N) is 1. The Hall–Kier alpha value is -2.87. The van der Waals surface area contributed by atoms with Crippen molar-refractivity contribution in [3.63, 3.8) is 0 Å². The van der Waals surface area contributed by atoms with Gasteiger partial charge in [0.2, 0.25) is 11.8 Å². The van der Waals surface area contributed by atoms with Gasteiger partial charge in [0.15, 0.2) is 11.6 Å². The van der Waals surface area contributed by atoms with E-state index in [9.17, 15) is 22.8 Å². The minimum atomic E-state index is -1.22. The quantitative estimate of drug-likeness (QED) is 0.577. The third-order valence-electron chi connectivity index (χ3n) is 7.13. The van der Waals surface area contributed by atoms with Gasteiger partial charge in [-0.05, 0) is 61.6 Å². The minimum absolute atomic E-state index is 0.0262. The smallest absolute Gasteiger partial charge is 0.242 e. The first-order chi connectivity index (χ1) is 16.3. The van der Waals surface area contributed by atoms with E-state index in [0.29, 0.717) is 31.7 Å². The average Bonchev–Trinajstić information content (AvgIpc) is 3.09. The van der Waals surface area contributed by atoms with Crippen LogP contribution in [0.1, 0.15) is 43.2 Å². The Morgan fingerprint density at radius 3 is 2.32 bits per heavy atom. The number of hydrogen-bond acceptors (Lipinski definition) is 3. The molecule has 2 aromatic carbocycles. The van der Waals surface area contributed by atoms with E-state index in [1.807, 2.05) is 35.2 Å². The van der Waals surface area contributed by atoms with E-state index < -0.39 is 23.5 Å². The molecule has 2 aromatic rings. The van der Waals surface area contributed by atoms with Gasteiger partial charge in [-0.25, -0.2) is 13.2 Å². The van der Waals surface area contributed by atoms with E-state index in [4.69, 9.17) is 5.73 Å². The van der Waals surface area contributed by atoms with Gasteiger partial charge in [0.1, 0.15) is 5.82 Å². The standard InChI is InChI=1S/C26H30F3N3O2/c27-21-14-23(29)22(28)12-17(21)13-24(30)18-10-19-7-8-20(11-18)32(19)26(34)15-31-25(33)9-6-16-4-2-1-3-5-16/h1-5,12,14,18-20,24H,6-11,13,15,30H2,(H,31,33)/t18-,19-,20+,24-/m1/s1. The summed E-state index contributed by atoms with van der Waals surface area (Å²) in [5, 5.41) is 2.74. The third-order valence-corrected chi connectivity index (χ3v) is 7.13. The van der Waals surface area contributed by atoms with Crippen LogP contribution in [0.25, 0.3) is 0 Å². The van der Waals surface area contributed by atoms with Crippen molar-refractivity contribution in [2.45, 2.75) is 63.1 Å². The number of aryl methyl sites for hydroxylation is 1. The molecule has 2 saturated heterocycles. The van der Waals surface area contributed by atoms with Gasteiger partial charge in [0, 0.05) is 30.6 Å². The molecule has 0 saturated carbocycles. The summed E-state index contributed by atoms with van der Waals surface area (Å²) in [5.74, 6) is -3.31. The van der Waals surface area contributed by atoms with Crippen LogP contribution in [0, 0.1) is 23.4 Å². The van der Waals surface area contributed by atoms with Gasteiger partial charge in [-0.2, -0.15) is 0 Å². The Morgan fingerprint density at radius 1 is 1.00 bits per heavy atom. The van der Waals surface area contributed by atoms with Gasteiger partial charge in [0.05, 0.1) is 6.54 Å². The van der Waals surface area contributed by atoms with Crippen LogP contribution in [0.2, 0.25) is 0 Å². The molecule has 0 aliphatic carbocycles. The van der Waals surface area contributed by atoms with E-state index in [1.165, 1.54) is 0 Å². The number of amides is 2. The van der Waals surface area contributed by atoms with Crippen LogP contribution in [0.3, 0.4) is 0 Å². The average molecular weight is 474 g/mol. The Kier molecular flexibility index (Phi) is 7.56. The van der Waals surface area contributed by atoms with Crippen molar-refractivity contribution in [2.24, 2.45) is 11.7 Å². The van der Waals surface area contributed by atoms with E-state index in [-0.39, 0.29) is 48.3 Å². The number of fused-ring (bicyclic) bond motifs is 2. The van der Waals surface area contributed by atoms with Gasteiger partial charge in [-0.3, -0.25) is 9.59 Å². The van der Waals surface area contributed by atoms with Crippen molar-refractivity contribution < 1.29 is 22.8 Å². The van der Waals surface area contributed by atoms with Crippen LogP contribution in [-0.2, 0) is 22.4 Å². The van der Waals surface area contributed by atoms with Crippen LogP contribution in [0.5, 0.6) is 0 Å². The summed E-state index contributed by atoms with van der Waals surface area (Å²) in [5.41, 5.74) is 7.49. The molecule has 3 N–H and O–H groups in total. The van der Waals surface area contributed by atoms with Gasteiger partial charge in [-0.1, -0.05) is 30.3 Å². The van der Waals surface area contributed by atoms with Gasteiger partial charge in [-0.15, -0.1) is 0 Å². The molecule has 5 nitrogen and oxygen atoms in total. The summed E-state index contributed by atoms with van der Waals surface area (Å²) in [6, 6.07) is 10.8. The van der Waals surface area contributed by atoms with Crippen molar-refractivity contribution in [2.75, 3.05) is 6.54 Å². The summed E-state index contributed by atoms with van der Waals surface area (Å²) in [4.78, 5) is 26.9. The van der Waals surface area contributed by atoms with E-state index in [0.717, 1.165) is 24.5 Å². The zero-order valence-electron chi connectivity index (χ0n) is 19.0. The Morgan fingerprint density at radius 2 is 1.65 bits per heavy atom. The van der Waals surface area contributed by atoms with Crippen LogP contribution in [0.4, 0.5) is 13.2 Å². The fourth-order valence-corrected chi connectivity index (χ4v) is 5.37. The molecular weight excluding hydrogens is 443 g/mol. The first kappa shape index (κ1) is 24.3. The highest BCUT2D eigenvalue weighted by atomic mass is 19.2. The van der Waals surface area contributed by atoms with E-state index in [2.05, 4.69) is 5.32 Å². The second kappa shape index (κ2) is 10.6. The van der Waals surface area contributed by atoms with Crippen molar-refractivity contribution in [1.29, 1.82) is 0 Å². The first-order valence-corrected chi connectivity index (χ1v) is 11.8. The fraction of sp³-hybridized carbons (Fsp3) is 0.462.